The molecule has 1 aromatic carbocycles. The minimum absolute atomic E-state index is 0.277. The molecule has 9 nitrogen and oxygen atoms in total. The van der Waals surface area contributed by atoms with Gasteiger partial charge >= 0.3 is 5.97 Å². The summed E-state index contributed by atoms with van der Waals surface area (Å²) < 4.78 is 10.3. The van der Waals surface area contributed by atoms with Crippen LogP contribution in [-0.4, -0.2) is 58.1 Å². The summed E-state index contributed by atoms with van der Waals surface area (Å²) in [5.74, 6) is 0.178. The zero-order chi connectivity index (χ0) is 21.8. The SMILES string of the molecule is CCCOC(=O)C1=C(C)N(NC(=O)c2cccc(-c3noc(C)n3)c2)C(N(C)C)S1. The molecule has 0 saturated heterocycles. The molecule has 2 heterocycles. The molecule has 2 aromatic rings. The number of hydrogen-bond acceptors (Lipinski definition) is 9. The van der Waals surface area contributed by atoms with Gasteiger partial charge in [0, 0.05) is 18.1 Å². The normalized spacial score (nSPS) is 16.3. The topological polar surface area (TPSA) is 101 Å². The lowest BCUT2D eigenvalue weighted by Crippen LogP contribution is -2.49. The van der Waals surface area contributed by atoms with Crippen LogP contribution < -0.4 is 5.43 Å². The summed E-state index contributed by atoms with van der Waals surface area (Å²) >= 11 is 1.34. The van der Waals surface area contributed by atoms with Gasteiger partial charge in [0.05, 0.1) is 12.3 Å². The van der Waals surface area contributed by atoms with Crippen molar-refractivity contribution in [1.82, 2.24) is 25.5 Å². The number of benzene rings is 1. The van der Waals surface area contributed by atoms with Crippen LogP contribution in [-0.2, 0) is 9.53 Å². The molecule has 0 fully saturated rings. The van der Waals surface area contributed by atoms with Crippen LogP contribution in [0.3, 0.4) is 0 Å². The smallest absolute Gasteiger partial charge is 0.346 e. The fraction of sp³-hybridized carbons (Fsp3) is 0.400. The predicted octanol–water partition coefficient (Wildman–Crippen LogP) is 2.77. The summed E-state index contributed by atoms with van der Waals surface area (Å²) in [6.07, 6.45) is 0.747. The first-order valence-electron chi connectivity index (χ1n) is 9.53. The molecule has 3 rings (SSSR count). The Bertz CT molecular complexity index is 972. The molecule has 0 spiro atoms. The standard InChI is InChI=1S/C20H25N5O4S/c1-6-10-28-19(27)16-12(2)25(20(30-16)24(4)5)22-18(26)15-9-7-8-14(11-15)17-21-13(3)29-23-17/h7-9,11,20H,6,10H2,1-5H3,(H,22,26). The lowest BCUT2D eigenvalue weighted by atomic mass is 10.1. The molecule has 1 aliphatic heterocycles. The minimum Gasteiger partial charge on any atom is -0.462 e. The van der Waals surface area contributed by atoms with E-state index in [9.17, 15) is 9.59 Å². The summed E-state index contributed by atoms with van der Waals surface area (Å²) in [6.45, 7) is 5.79. The van der Waals surface area contributed by atoms with Gasteiger partial charge in [-0.1, -0.05) is 36.0 Å². The van der Waals surface area contributed by atoms with Crippen LogP contribution in [0.5, 0.6) is 0 Å². The van der Waals surface area contributed by atoms with E-state index in [1.165, 1.54) is 11.8 Å². The van der Waals surface area contributed by atoms with E-state index >= 15 is 0 Å². The van der Waals surface area contributed by atoms with Crippen molar-refractivity contribution < 1.29 is 18.8 Å². The van der Waals surface area contributed by atoms with Crippen molar-refractivity contribution in [3.05, 3.63) is 46.3 Å². The van der Waals surface area contributed by atoms with E-state index in [-0.39, 0.29) is 17.4 Å². The highest BCUT2D eigenvalue weighted by atomic mass is 32.2. The van der Waals surface area contributed by atoms with Crippen molar-refractivity contribution in [1.29, 1.82) is 0 Å². The van der Waals surface area contributed by atoms with E-state index in [4.69, 9.17) is 9.26 Å². The second-order valence-electron chi connectivity index (χ2n) is 6.99. The first kappa shape index (κ1) is 21.8. The van der Waals surface area contributed by atoms with Crippen LogP contribution in [0.1, 0.15) is 36.5 Å². The van der Waals surface area contributed by atoms with Crippen molar-refractivity contribution in [3.8, 4) is 11.4 Å². The Morgan fingerprint density at radius 1 is 1.33 bits per heavy atom. The third kappa shape index (κ3) is 4.65. The quantitative estimate of drug-likeness (QED) is 0.663. The number of nitrogens with zero attached hydrogens (tertiary/aromatic N) is 4. The Morgan fingerprint density at radius 3 is 2.73 bits per heavy atom. The fourth-order valence-electron chi connectivity index (χ4n) is 2.84. The van der Waals surface area contributed by atoms with E-state index in [1.807, 2.05) is 32.0 Å². The summed E-state index contributed by atoms with van der Waals surface area (Å²) in [4.78, 5) is 32.0. The van der Waals surface area contributed by atoms with Gasteiger partial charge in [0.2, 0.25) is 11.7 Å². The Kier molecular flexibility index (Phi) is 6.78. The van der Waals surface area contributed by atoms with Gasteiger partial charge in [0.15, 0.2) is 5.50 Å². The molecule has 1 amide bonds. The van der Waals surface area contributed by atoms with E-state index in [1.54, 1.807) is 37.1 Å². The zero-order valence-corrected chi connectivity index (χ0v) is 18.4. The van der Waals surface area contributed by atoms with Crippen LogP contribution >= 0.6 is 11.8 Å². The molecule has 1 atom stereocenters. The minimum atomic E-state index is -0.377. The van der Waals surface area contributed by atoms with Gasteiger partial charge < -0.3 is 9.26 Å². The van der Waals surface area contributed by atoms with Gasteiger partial charge in [0.1, 0.15) is 4.91 Å². The molecule has 1 N–H and O–H groups in total. The number of nitrogens with one attached hydrogen (secondary N) is 1. The Labute approximate surface area is 179 Å². The lowest BCUT2D eigenvalue weighted by molar-refractivity contribution is -0.138. The molecule has 0 aliphatic carbocycles. The third-order valence-corrected chi connectivity index (χ3v) is 5.87. The van der Waals surface area contributed by atoms with E-state index in [0.29, 0.717) is 40.1 Å². The molecule has 1 aromatic heterocycles. The van der Waals surface area contributed by atoms with Crippen LogP contribution in [0.25, 0.3) is 11.4 Å². The molecular weight excluding hydrogens is 406 g/mol. The van der Waals surface area contributed by atoms with Crippen molar-refractivity contribution >= 4 is 23.6 Å². The number of allylic oxidation sites excluding steroid dienone is 1. The number of carbonyl (C=O) groups excluding carboxylic acids is 2. The Morgan fingerprint density at radius 2 is 2.10 bits per heavy atom. The number of aromatic nitrogens is 2. The van der Waals surface area contributed by atoms with Gasteiger partial charge in [-0.3, -0.25) is 20.1 Å². The highest BCUT2D eigenvalue weighted by Gasteiger charge is 2.37. The third-order valence-electron chi connectivity index (χ3n) is 4.33. The number of carbonyl (C=O) groups is 2. The van der Waals surface area contributed by atoms with Crippen LogP contribution in [0, 0.1) is 6.92 Å². The number of amides is 1. The summed E-state index contributed by atoms with van der Waals surface area (Å²) in [5.41, 5.74) is 4.38. The maximum Gasteiger partial charge on any atom is 0.346 e. The first-order chi connectivity index (χ1) is 14.3. The number of hydrazine groups is 1. The number of aryl methyl sites for hydroxylation is 1. The number of ether oxygens (including phenoxy) is 1. The number of esters is 1. The number of thioether (sulfide) groups is 1. The lowest BCUT2D eigenvalue weighted by Gasteiger charge is -2.31. The van der Waals surface area contributed by atoms with Gasteiger partial charge in [-0.25, -0.2) is 4.79 Å². The molecule has 0 bridgehead atoms. The molecule has 160 valence electrons. The first-order valence-corrected chi connectivity index (χ1v) is 10.4. The summed E-state index contributed by atoms with van der Waals surface area (Å²) in [7, 11) is 3.76. The number of hydrogen-bond donors (Lipinski definition) is 1. The largest absolute Gasteiger partial charge is 0.462 e. The fourth-order valence-corrected chi connectivity index (χ4v) is 4.00. The van der Waals surface area contributed by atoms with E-state index in [2.05, 4.69) is 15.6 Å². The monoisotopic (exact) mass is 431 g/mol. The Hall–Kier alpha value is -2.85. The predicted molar refractivity (Wildman–Crippen MR) is 113 cm³/mol. The van der Waals surface area contributed by atoms with Crippen molar-refractivity contribution in [3.63, 3.8) is 0 Å². The van der Waals surface area contributed by atoms with Gasteiger partial charge in [-0.2, -0.15) is 4.98 Å². The molecule has 1 unspecified atom stereocenters. The molecule has 30 heavy (non-hydrogen) atoms. The molecular formula is C20H25N5O4S. The van der Waals surface area contributed by atoms with E-state index < -0.39 is 0 Å². The van der Waals surface area contributed by atoms with Crippen molar-refractivity contribution in [2.24, 2.45) is 0 Å². The molecule has 0 saturated carbocycles. The molecule has 10 heteroatoms. The van der Waals surface area contributed by atoms with Crippen LogP contribution in [0.4, 0.5) is 0 Å². The summed E-state index contributed by atoms with van der Waals surface area (Å²) in [5, 5.41) is 5.58. The second kappa shape index (κ2) is 9.31. The zero-order valence-electron chi connectivity index (χ0n) is 17.6. The van der Waals surface area contributed by atoms with E-state index in [0.717, 1.165) is 6.42 Å². The van der Waals surface area contributed by atoms with Crippen LogP contribution in [0.2, 0.25) is 0 Å². The van der Waals surface area contributed by atoms with Crippen LogP contribution in [0.15, 0.2) is 39.4 Å². The van der Waals surface area contributed by atoms with Crippen molar-refractivity contribution in [2.45, 2.75) is 32.7 Å². The molecule has 0 radical (unpaired) electrons. The average molecular weight is 432 g/mol. The summed E-state index contributed by atoms with van der Waals surface area (Å²) in [6, 6.07) is 6.97. The van der Waals surface area contributed by atoms with Crippen molar-refractivity contribution in [2.75, 3.05) is 20.7 Å². The maximum atomic E-state index is 13.0. The van der Waals surface area contributed by atoms with Gasteiger partial charge in [-0.05, 0) is 39.6 Å². The second-order valence-corrected chi connectivity index (χ2v) is 8.05. The highest BCUT2D eigenvalue weighted by Crippen LogP contribution is 2.38. The Balaban J connectivity index is 1.81. The van der Waals surface area contributed by atoms with Gasteiger partial charge in [-0.15, -0.1) is 0 Å². The number of rotatable bonds is 7. The average Bonchev–Trinajstić information content (AvgIpc) is 3.30. The highest BCUT2D eigenvalue weighted by molar-refractivity contribution is 8.04. The maximum absolute atomic E-state index is 13.0. The molecule has 1 aliphatic rings. The van der Waals surface area contributed by atoms with Gasteiger partial charge in [0.25, 0.3) is 5.91 Å².